The van der Waals surface area contributed by atoms with Gasteiger partial charge in [0.05, 0.1) is 12.6 Å². The van der Waals surface area contributed by atoms with E-state index in [-0.39, 0.29) is 5.91 Å². The minimum Gasteiger partial charge on any atom is -0.490 e. The zero-order chi connectivity index (χ0) is 22.6. The predicted molar refractivity (Wildman–Crippen MR) is 130 cm³/mol. The van der Waals surface area contributed by atoms with E-state index in [1.54, 1.807) is 0 Å². The topological polar surface area (TPSA) is 78.0 Å². The van der Waals surface area contributed by atoms with Gasteiger partial charge in [-0.3, -0.25) is 14.7 Å². The predicted octanol–water partition coefficient (Wildman–Crippen LogP) is 3.05. The number of ether oxygens (including phenoxy) is 1. The largest absolute Gasteiger partial charge is 0.490 e. The lowest BCUT2D eigenvalue weighted by Crippen LogP contribution is -2.50. The van der Waals surface area contributed by atoms with E-state index in [4.69, 9.17) is 4.74 Å². The standard InChI is InChI=1S/C25H41N5O2/c1-3-14-27-24(31)19-30-15-12-21(13-16-30)29-25(26-2)28-18-20-8-7-11-23(17-20)32-22-9-5-4-6-10-22/h7-8,11,17,21-22H,3-6,9-10,12-16,18-19H2,1-2H3,(H,27,31)(H2,26,28,29). The number of guanidine groups is 1. The normalized spacial score (nSPS) is 18.9. The summed E-state index contributed by atoms with van der Waals surface area (Å²) in [5, 5.41) is 9.94. The van der Waals surface area contributed by atoms with E-state index in [0.29, 0.717) is 25.2 Å². The van der Waals surface area contributed by atoms with E-state index >= 15 is 0 Å². The van der Waals surface area contributed by atoms with Crippen LogP contribution in [-0.4, -0.2) is 62.1 Å². The molecule has 0 aromatic heterocycles. The second-order valence-electron chi connectivity index (χ2n) is 9.00. The Hall–Kier alpha value is -2.28. The molecular formula is C25H41N5O2. The van der Waals surface area contributed by atoms with E-state index in [0.717, 1.165) is 50.6 Å². The molecule has 7 nitrogen and oxygen atoms in total. The summed E-state index contributed by atoms with van der Waals surface area (Å²) in [5.41, 5.74) is 1.19. The molecule has 3 N–H and O–H groups in total. The highest BCUT2D eigenvalue weighted by molar-refractivity contribution is 5.80. The van der Waals surface area contributed by atoms with Crippen LogP contribution in [0.4, 0.5) is 0 Å². The number of nitrogens with one attached hydrogen (secondary N) is 3. The van der Waals surface area contributed by atoms with Crippen molar-refractivity contribution < 1.29 is 9.53 Å². The van der Waals surface area contributed by atoms with Crippen molar-refractivity contribution in [2.45, 2.75) is 77.0 Å². The quantitative estimate of drug-likeness (QED) is 0.404. The number of benzene rings is 1. The smallest absolute Gasteiger partial charge is 0.234 e. The molecule has 2 fully saturated rings. The minimum atomic E-state index is 0.130. The van der Waals surface area contributed by atoms with Crippen LogP contribution in [0, 0.1) is 0 Å². The average molecular weight is 444 g/mol. The molecule has 1 aliphatic carbocycles. The summed E-state index contributed by atoms with van der Waals surface area (Å²) in [6.45, 7) is 5.88. The number of aliphatic imine (C=N–C) groups is 1. The van der Waals surface area contributed by atoms with Crippen LogP contribution in [0.1, 0.15) is 63.9 Å². The maximum absolute atomic E-state index is 11.9. The van der Waals surface area contributed by atoms with Gasteiger partial charge in [-0.2, -0.15) is 0 Å². The van der Waals surface area contributed by atoms with Gasteiger partial charge in [0.1, 0.15) is 5.75 Å². The van der Waals surface area contributed by atoms with E-state index in [1.807, 2.05) is 7.05 Å². The monoisotopic (exact) mass is 443 g/mol. The zero-order valence-corrected chi connectivity index (χ0v) is 19.9. The molecule has 1 saturated carbocycles. The second kappa shape index (κ2) is 13.3. The first-order valence-electron chi connectivity index (χ1n) is 12.4. The number of likely N-dealkylation sites (tertiary alicyclic amines) is 1. The number of nitrogens with zero attached hydrogens (tertiary/aromatic N) is 2. The molecule has 0 bridgehead atoms. The first-order chi connectivity index (χ1) is 15.7. The van der Waals surface area contributed by atoms with Crippen LogP contribution < -0.4 is 20.7 Å². The molecule has 1 amide bonds. The van der Waals surface area contributed by atoms with E-state index in [9.17, 15) is 4.79 Å². The van der Waals surface area contributed by atoms with Crippen molar-refractivity contribution in [2.24, 2.45) is 4.99 Å². The SMILES string of the molecule is CCCNC(=O)CN1CCC(NC(=NC)NCc2cccc(OC3CCCCC3)c2)CC1. The maximum Gasteiger partial charge on any atom is 0.234 e. The number of carbonyl (C=O) groups excluding carboxylic acids is 1. The lowest BCUT2D eigenvalue weighted by molar-refractivity contribution is -0.122. The third-order valence-electron chi connectivity index (χ3n) is 6.30. The highest BCUT2D eigenvalue weighted by atomic mass is 16.5. The summed E-state index contributed by atoms with van der Waals surface area (Å²) in [4.78, 5) is 18.6. The molecule has 0 spiro atoms. The van der Waals surface area contributed by atoms with Crippen molar-refractivity contribution in [1.29, 1.82) is 0 Å². The number of hydrogen-bond acceptors (Lipinski definition) is 4. The minimum absolute atomic E-state index is 0.130. The van der Waals surface area contributed by atoms with Crippen molar-refractivity contribution in [3.63, 3.8) is 0 Å². The molecule has 178 valence electrons. The Labute approximate surface area is 193 Å². The van der Waals surface area contributed by atoms with Gasteiger partial charge < -0.3 is 20.7 Å². The van der Waals surface area contributed by atoms with Crippen LogP contribution in [0.25, 0.3) is 0 Å². The summed E-state index contributed by atoms with van der Waals surface area (Å²) in [5.74, 6) is 1.92. The average Bonchev–Trinajstić information content (AvgIpc) is 2.82. The van der Waals surface area contributed by atoms with Gasteiger partial charge in [0.15, 0.2) is 5.96 Å². The van der Waals surface area contributed by atoms with E-state index < -0.39 is 0 Å². The van der Waals surface area contributed by atoms with Crippen molar-refractivity contribution in [2.75, 3.05) is 33.2 Å². The summed E-state index contributed by atoms with van der Waals surface area (Å²) in [6.07, 6.45) is 9.58. The maximum atomic E-state index is 11.9. The number of rotatable bonds is 9. The lowest BCUT2D eigenvalue weighted by atomic mass is 9.98. The van der Waals surface area contributed by atoms with Gasteiger partial charge in [-0.05, 0) is 62.6 Å². The molecule has 2 aliphatic rings. The third kappa shape index (κ3) is 8.34. The molecule has 0 unspecified atom stereocenters. The molecule has 32 heavy (non-hydrogen) atoms. The molecule has 0 radical (unpaired) electrons. The van der Waals surface area contributed by atoms with Gasteiger partial charge in [0.2, 0.25) is 5.91 Å². The van der Waals surface area contributed by atoms with Gasteiger partial charge in [-0.15, -0.1) is 0 Å². The molecule has 7 heteroatoms. The molecule has 1 saturated heterocycles. The van der Waals surface area contributed by atoms with Crippen LogP contribution in [0.15, 0.2) is 29.3 Å². The van der Waals surface area contributed by atoms with Crippen LogP contribution in [0.2, 0.25) is 0 Å². The Kier molecular flexibility index (Phi) is 10.1. The summed E-state index contributed by atoms with van der Waals surface area (Å²) in [6, 6.07) is 8.75. The Bertz CT molecular complexity index is 725. The third-order valence-corrected chi connectivity index (χ3v) is 6.30. The summed E-state index contributed by atoms with van der Waals surface area (Å²) < 4.78 is 6.20. The second-order valence-corrected chi connectivity index (χ2v) is 9.00. The number of amides is 1. The zero-order valence-electron chi connectivity index (χ0n) is 19.9. The van der Waals surface area contributed by atoms with E-state index in [2.05, 4.69) is 57.0 Å². The molecular weight excluding hydrogens is 402 g/mol. The van der Waals surface area contributed by atoms with Gasteiger partial charge in [0.25, 0.3) is 0 Å². The molecule has 1 aromatic carbocycles. The number of piperidine rings is 1. The van der Waals surface area contributed by atoms with Crippen molar-refractivity contribution in [3.05, 3.63) is 29.8 Å². The van der Waals surface area contributed by atoms with Crippen molar-refractivity contribution in [3.8, 4) is 5.75 Å². The first-order valence-corrected chi connectivity index (χ1v) is 12.4. The highest BCUT2D eigenvalue weighted by Crippen LogP contribution is 2.24. The van der Waals surface area contributed by atoms with Crippen molar-refractivity contribution >= 4 is 11.9 Å². The fraction of sp³-hybridized carbons (Fsp3) is 0.680. The van der Waals surface area contributed by atoms with Gasteiger partial charge in [-0.1, -0.05) is 25.5 Å². The van der Waals surface area contributed by atoms with E-state index in [1.165, 1.54) is 37.7 Å². The molecule has 0 atom stereocenters. The fourth-order valence-corrected chi connectivity index (χ4v) is 4.44. The van der Waals surface area contributed by atoms with Crippen molar-refractivity contribution in [1.82, 2.24) is 20.9 Å². The summed E-state index contributed by atoms with van der Waals surface area (Å²) >= 11 is 0. The Morgan fingerprint density at radius 2 is 1.91 bits per heavy atom. The Morgan fingerprint density at radius 3 is 2.62 bits per heavy atom. The van der Waals surface area contributed by atoms with Gasteiger partial charge >= 0.3 is 0 Å². The lowest BCUT2D eigenvalue weighted by Gasteiger charge is -2.32. The van der Waals surface area contributed by atoms with Crippen LogP contribution >= 0.6 is 0 Å². The molecule has 1 aromatic rings. The number of hydrogen-bond donors (Lipinski definition) is 3. The Balaban J connectivity index is 1.39. The number of carbonyl (C=O) groups is 1. The van der Waals surface area contributed by atoms with Gasteiger partial charge in [0, 0.05) is 39.3 Å². The van der Waals surface area contributed by atoms with Crippen LogP contribution in [-0.2, 0) is 11.3 Å². The Morgan fingerprint density at radius 1 is 1.12 bits per heavy atom. The molecule has 1 aliphatic heterocycles. The molecule has 1 heterocycles. The van der Waals surface area contributed by atoms with Crippen LogP contribution in [0.5, 0.6) is 5.75 Å². The summed E-state index contributed by atoms with van der Waals surface area (Å²) in [7, 11) is 1.81. The van der Waals surface area contributed by atoms with Gasteiger partial charge in [-0.25, -0.2) is 0 Å². The molecule has 3 rings (SSSR count). The van der Waals surface area contributed by atoms with Crippen LogP contribution in [0.3, 0.4) is 0 Å². The highest BCUT2D eigenvalue weighted by Gasteiger charge is 2.21. The first kappa shape index (κ1) is 24.4. The fourth-order valence-electron chi connectivity index (χ4n) is 4.44.